The molecule has 1 aromatic heterocycles. The van der Waals surface area contributed by atoms with Gasteiger partial charge in [0.1, 0.15) is 6.29 Å². The predicted octanol–water partition coefficient (Wildman–Crippen LogP) is -0.0223. The molecule has 0 saturated heterocycles. The summed E-state index contributed by atoms with van der Waals surface area (Å²) in [4.78, 5) is 10.6. The van der Waals surface area contributed by atoms with Crippen LogP contribution in [0.25, 0.3) is 0 Å². The normalized spacial score (nSPS) is 11.6. The molecule has 0 amide bonds. The Balaban J connectivity index is 2.76. The Labute approximate surface area is 70.8 Å². The van der Waals surface area contributed by atoms with Gasteiger partial charge in [-0.2, -0.15) is 0 Å². The molecule has 0 spiro atoms. The molecular formula is C7H12N4O. The molecule has 66 valence electrons. The van der Waals surface area contributed by atoms with Gasteiger partial charge in [-0.05, 0) is 10.4 Å². The third-order valence-corrected chi connectivity index (χ3v) is 1.64. The summed E-state index contributed by atoms with van der Waals surface area (Å²) in [5, 5.41) is 11.0. The molecule has 0 fully saturated rings. The number of carbonyl (C=O) groups is 1. The molecule has 0 aliphatic carbocycles. The summed E-state index contributed by atoms with van der Waals surface area (Å²) in [5.74, 6) is 0.729. The summed E-state index contributed by atoms with van der Waals surface area (Å²) in [7, 11) is 1.76. The van der Waals surface area contributed by atoms with Crippen LogP contribution in [0.1, 0.15) is 19.7 Å². The van der Waals surface area contributed by atoms with E-state index in [9.17, 15) is 4.79 Å². The quantitative estimate of drug-likeness (QED) is 0.595. The van der Waals surface area contributed by atoms with E-state index < -0.39 is 0 Å². The molecule has 0 aliphatic heterocycles. The summed E-state index contributed by atoms with van der Waals surface area (Å²) < 4.78 is 1.57. The van der Waals surface area contributed by atoms with Crippen LogP contribution in [0, 0.1) is 5.41 Å². The maximum Gasteiger partial charge on any atom is 0.151 e. The molecule has 0 atom stereocenters. The van der Waals surface area contributed by atoms with Crippen LogP contribution in [0.2, 0.25) is 0 Å². The predicted molar refractivity (Wildman–Crippen MR) is 42.3 cm³/mol. The van der Waals surface area contributed by atoms with Gasteiger partial charge in [-0.1, -0.05) is 13.8 Å². The van der Waals surface area contributed by atoms with E-state index >= 15 is 0 Å². The van der Waals surface area contributed by atoms with E-state index in [0.29, 0.717) is 6.42 Å². The van der Waals surface area contributed by atoms with Gasteiger partial charge in [0.15, 0.2) is 5.82 Å². The number of aryl methyl sites for hydroxylation is 1. The molecule has 0 N–H and O–H groups in total. The second-order valence-corrected chi connectivity index (χ2v) is 3.50. The average Bonchev–Trinajstić information content (AvgIpc) is 2.36. The van der Waals surface area contributed by atoms with Gasteiger partial charge >= 0.3 is 0 Å². The fourth-order valence-electron chi connectivity index (χ4n) is 0.847. The molecule has 1 rings (SSSR count). The van der Waals surface area contributed by atoms with Crippen molar-refractivity contribution < 1.29 is 4.79 Å². The molecule has 0 radical (unpaired) electrons. The fraction of sp³-hybridized carbons (Fsp3) is 0.714. The zero-order chi connectivity index (χ0) is 9.19. The zero-order valence-corrected chi connectivity index (χ0v) is 7.48. The number of aromatic nitrogens is 4. The number of rotatable bonds is 3. The van der Waals surface area contributed by atoms with Crippen LogP contribution in [0.3, 0.4) is 0 Å². The second-order valence-electron chi connectivity index (χ2n) is 3.50. The third kappa shape index (κ3) is 1.87. The van der Waals surface area contributed by atoms with Crippen LogP contribution in [0.15, 0.2) is 0 Å². The van der Waals surface area contributed by atoms with E-state index in [1.807, 2.05) is 13.8 Å². The highest BCUT2D eigenvalue weighted by Crippen LogP contribution is 2.16. The van der Waals surface area contributed by atoms with Crippen molar-refractivity contribution in [3.05, 3.63) is 5.82 Å². The van der Waals surface area contributed by atoms with Crippen molar-refractivity contribution >= 4 is 6.29 Å². The first kappa shape index (κ1) is 8.83. The molecule has 5 nitrogen and oxygen atoms in total. The van der Waals surface area contributed by atoms with Crippen LogP contribution < -0.4 is 0 Å². The Morgan fingerprint density at radius 2 is 2.25 bits per heavy atom. The van der Waals surface area contributed by atoms with Crippen LogP contribution in [0.5, 0.6) is 0 Å². The lowest BCUT2D eigenvalue weighted by Crippen LogP contribution is -2.19. The Morgan fingerprint density at radius 3 is 2.67 bits per heavy atom. The molecule has 0 unspecified atom stereocenters. The Bertz CT molecular complexity index is 279. The maximum atomic E-state index is 10.6. The largest absolute Gasteiger partial charge is 0.303 e. The minimum atomic E-state index is -0.386. The van der Waals surface area contributed by atoms with Gasteiger partial charge < -0.3 is 4.79 Å². The van der Waals surface area contributed by atoms with Gasteiger partial charge in [0, 0.05) is 18.9 Å². The number of aldehydes is 1. The lowest BCUT2D eigenvalue weighted by Gasteiger charge is -2.14. The van der Waals surface area contributed by atoms with E-state index in [1.165, 1.54) is 0 Å². The summed E-state index contributed by atoms with van der Waals surface area (Å²) in [5.41, 5.74) is -0.386. The zero-order valence-electron chi connectivity index (χ0n) is 7.48. The number of hydrogen-bond acceptors (Lipinski definition) is 4. The molecule has 1 aromatic rings. The lowest BCUT2D eigenvalue weighted by molar-refractivity contribution is -0.114. The van der Waals surface area contributed by atoms with E-state index in [-0.39, 0.29) is 5.41 Å². The lowest BCUT2D eigenvalue weighted by atomic mass is 9.91. The van der Waals surface area contributed by atoms with Gasteiger partial charge in [0.25, 0.3) is 0 Å². The smallest absolute Gasteiger partial charge is 0.151 e. The molecular weight excluding hydrogens is 156 g/mol. The minimum Gasteiger partial charge on any atom is -0.303 e. The number of carbonyl (C=O) groups excluding carboxylic acids is 1. The Kier molecular flexibility index (Phi) is 2.21. The van der Waals surface area contributed by atoms with Crippen molar-refractivity contribution in [3.8, 4) is 0 Å². The van der Waals surface area contributed by atoms with Crippen LogP contribution in [-0.2, 0) is 18.3 Å². The standard InChI is InChI=1S/C7H12N4O/c1-7(2,5-12)4-6-8-9-10-11(6)3/h5H,4H2,1-3H3. The highest BCUT2D eigenvalue weighted by molar-refractivity contribution is 5.58. The maximum absolute atomic E-state index is 10.6. The van der Waals surface area contributed by atoms with E-state index in [1.54, 1.807) is 11.7 Å². The molecule has 12 heavy (non-hydrogen) atoms. The van der Waals surface area contributed by atoms with Crippen LogP contribution in [0.4, 0.5) is 0 Å². The van der Waals surface area contributed by atoms with Gasteiger partial charge in [-0.3, -0.25) is 0 Å². The Morgan fingerprint density at radius 1 is 1.58 bits per heavy atom. The van der Waals surface area contributed by atoms with E-state index in [0.717, 1.165) is 12.1 Å². The molecule has 1 heterocycles. The average molecular weight is 168 g/mol. The van der Waals surface area contributed by atoms with E-state index in [4.69, 9.17) is 0 Å². The summed E-state index contributed by atoms with van der Waals surface area (Å²) >= 11 is 0. The van der Waals surface area contributed by atoms with Crippen LogP contribution in [-0.4, -0.2) is 26.5 Å². The number of hydrogen-bond donors (Lipinski definition) is 0. The van der Waals surface area contributed by atoms with Crippen molar-refractivity contribution in [3.63, 3.8) is 0 Å². The molecule has 5 heteroatoms. The minimum absolute atomic E-state index is 0.386. The van der Waals surface area contributed by atoms with Crippen LogP contribution >= 0.6 is 0 Å². The van der Waals surface area contributed by atoms with Gasteiger partial charge in [0.05, 0.1) is 0 Å². The Hall–Kier alpha value is -1.26. The van der Waals surface area contributed by atoms with Gasteiger partial charge in [-0.15, -0.1) is 5.10 Å². The van der Waals surface area contributed by atoms with E-state index in [2.05, 4.69) is 15.5 Å². The van der Waals surface area contributed by atoms with Gasteiger partial charge in [-0.25, -0.2) is 4.68 Å². The molecule has 0 saturated carbocycles. The van der Waals surface area contributed by atoms with Crippen molar-refractivity contribution in [2.24, 2.45) is 12.5 Å². The van der Waals surface area contributed by atoms with Crippen molar-refractivity contribution in [1.29, 1.82) is 0 Å². The monoisotopic (exact) mass is 168 g/mol. The topological polar surface area (TPSA) is 60.7 Å². The van der Waals surface area contributed by atoms with Gasteiger partial charge in [0.2, 0.25) is 0 Å². The van der Waals surface area contributed by atoms with Crippen molar-refractivity contribution in [2.75, 3.05) is 0 Å². The summed E-state index contributed by atoms with van der Waals surface area (Å²) in [6, 6.07) is 0. The summed E-state index contributed by atoms with van der Waals surface area (Å²) in [6.45, 7) is 3.71. The SMILES string of the molecule is Cn1nnnc1CC(C)(C)C=O. The number of tetrazole rings is 1. The molecule has 0 bridgehead atoms. The van der Waals surface area contributed by atoms with Crippen molar-refractivity contribution in [2.45, 2.75) is 20.3 Å². The molecule has 0 aromatic carbocycles. The second kappa shape index (κ2) is 3.00. The highest BCUT2D eigenvalue weighted by atomic mass is 16.1. The van der Waals surface area contributed by atoms with Crippen molar-refractivity contribution in [1.82, 2.24) is 20.2 Å². The first-order valence-corrected chi connectivity index (χ1v) is 3.73. The third-order valence-electron chi connectivity index (χ3n) is 1.64. The fourth-order valence-corrected chi connectivity index (χ4v) is 0.847. The first-order chi connectivity index (χ1) is 5.55. The first-order valence-electron chi connectivity index (χ1n) is 3.73. The summed E-state index contributed by atoms with van der Waals surface area (Å²) in [6.07, 6.45) is 1.49. The molecule has 0 aliphatic rings. The number of nitrogens with zero attached hydrogens (tertiary/aromatic N) is 4. The highest BCUT2D eigenvalue weighted by Gasteiger charge is 2.20.